The molecule has 6 N–H and O–H groups in total. The van der Waals surface area contributed by atoms with Gasteiger partial charge in [-0.25, -0.2) is 14.5 Å². The molecule has 0 saturated heterocycles. The van der Waals surface area contributed by atoms with Crippen LogP contribution in [-0.2, 0) is 6.54 Å². The summed E-state index contributed by atoms with van der Waals surface area (Å²) in [6.07, 6.45) is 3.04. The first-order valence-corrected chi connectivity index (χ1v) is 8.42. The third-order valence-electron chi connectivity index (χ3n) is 4.08. The first-order chi connectivity index (χ1) is 14.4. The number of hydrogen-bond acceptors (Lipinski definition) is 9. The van der Waals surface area contributed by atoms with Crippen molar-refractivity contribution < 1.29 is 15.1 Å². The maximum Gasteiger partial charge on any atom is 0.335 e. The summed E-state index contributed by atoms with van der Waals surface area (Å²) in [6, 6.07) is 10.3. The highest BCUT2D eigenvalue weighted by Crippen LogP contribution is 2.26. The van der Waals surface area contributed by atoms with Gasteiger partial charge in [-0.1, -0.05) is 12.1 Å². The number of carboxylic acid groups (broad SMARTS) is 1. The van der Waals surface area contributed by atoms with E-state index in [1.165, 1.54) is 23.7 Å². The summed E-state index contributed by atoms with van der Waals surface area (Å²) in [5.41, 5.74) is 14.8. The Morgan fingerprint density at radius 1 is 1.13 bits per heavy atom. The highest BCUT2D eigenvalue weighted by molar-refractivity contribution is 5.93. The van der Waals surface area contributed by atoms with Gasteiger partial charge in [0.15, 0.2) is 11.0 Å². The zero-order valence-corrected chi connectivity index (χ0v) is 15.4. The molecular formula is C18H16N8O4. The van der Waals surface area contributed by atoms with Gasteiger partial charge in [0.1, 0.15) is 5.69 Å². The lowest BCUT2D eigenvalue weighted by atomic mass is 10.1. The number of fused-ring (bicyclic) bond motifs is 1. The molecule has 30 heavy (non-hydrogen) atoms. The molecule has 0 saturated carbocycles. The second kappa shape index (κ2) is 8.60. The summed E-state index contributed by atoms with van der Waals surface area (Å²) < 4.78 is 1.70. The molecule has 0 atom stereocenters. The zero-order valence-electron chi connectivity index (χ0n) is 15.4. The molecule has 0 aliphatic rings. The van der Waals surface area contributed by atoms with Crippen LogP contribution in [0.25, 0.3) is 22.4 Å². The molecule has 0 radical (unpaired) electrons. The number of anilines is 2. The van der Waals surface area contributed by atoms with Crippen LogP contribution in [0.5, 0.6) is 0 Å². The van der Waals surface area contributed by atoms with Crippen molar-refractivity contribution in [2.75, 3.05) is 11.5 Å². The fourth-order valence-electron chi connectivity index (χ4n) is 2.77. The lowest BCUT2D eigenvalue weighted by molar-refractivity contribution is 0.0697. The van der Waals surface area contributed by atoms with Gasteiger partial charge in [0.25, 0.3) is 0 Å². The second-order valence-corrected chi connectivity index (χ2v) is 6.03. The van der Waals surface area contributed by atoms with Crippen LogP contribution in [0, 0.1) is 4.91 Å². The molecule has 12 nitrogen and oxygen atoms in total. The topological polar surface area (TPSA) is 195 Å². The Morgan fingerprint density at radius 3 is 2.50 bits per heavy atom. The fraction of sp³-hybridized carbons (Fsp3) is 0.0556. The highest BCUT2D eigenvalue weighted by atomic mass is 16.6. The molecule has 0 aliphatic heterocycles. The van der Waals surface area contributed by atoms with E-state index in [1.807, 2.05) is 24.3 Å². The van der Waals surface area contributed by atoms with Crippen molar-refractivity contribution in [1.29, 1.82) is 0 Å². The van der Waals surface area contributed by atoms with E-state index in [0.717, 1.165) is 5.56 Å². The number of carboxylic acids is 1. The molecule has 4 rings (SSSR count). The van der Waals surface area contributed by atoms with Crippen LogP contribution in [0.3, 0.4) is 0 Å². The van der Waals surface area contributed by atoms with Crippen LogP contribution in [0.2, 0.25) is 0 Å². The molecule has 0 unspecified atom stereocenters. The van der Waals surface area contributed by atoms with E-state index in [0.29, 0.717) is 34.7 Å². The van der Waals surface area contributed by atoms with E-state index in [4.69, 9.17) is 21.6 Å². The normalized spacial score (nSPS) is 10.3. The number of nitrogen functional groups attached to an aromatic ring is 2. The summed E-state index contributed by atoms with van der Waals surface area (Å²) in [5.74, 6) is -0.991. The van der Waals surface area contributed by atoms with E-state index in [2.05, 4.69) is 20.1 Å². The molecule has 1 aromatic carbocycles. The molecule has 4 aromatic rings. The van der Waals surface area contributed by atoms with Crippen molar-refractivity contribution in [1.82, 2.24) is 24.7 Å². The van der Waals surface area contributed by atoms with Crippen molar-refractivity contribution in [2.24, 2.45) is 5.34 Å². The second-order valence-electron chi connectivity index (χ2n) is 6.03. The van der Waals surface area contributed by atoms with Crippen molar-refractivity contribution >= 4 is 28.6 Å². The van der Waals surface area contributed by atoms with Gasteiger partial charge in [0.2, 0.25) is 5.95 Å². The van der Waals surface area contributed by atoms with Crippen LogP contribution in [-0.4, -0.2) is 41.0 Å². The van der Waals surface area contributed by atoms with E-state index in [9.17, 15) is 9.90 Å². The number of aromatic carboxylic acids is 1. The lowest BCUT2D eigenvalue weighted by Crippen LogP contribution is -2.05. The number of rotatable bonds is 4. The van der Waals surface area contributed by atoms with Gasteiger partial charge in [-0.3, -0.25) is 4.98 Å². The van der Waals surface area contributed by atoms with E-state index < -0.39 is 5.97 Å². The van der Waals surface area contributed by atoms with Crippen LogP contribution >= 0.6 is 0 Å². The summed E-state index contributed by atoms with van der Waals surface area (Å²) in [4.78, 5) is 32.1. The van der Waals surface area contributed by atoms with Crippen LogP contribution in [0.4, 0.5) is 11.6 Å². The Labute approximate surface area is 168 Å². The lowest BCUT2D eigenvalue weighted by Gasteiger charge is -2.07. The number of carbonyl (C=O) groups is 1. The van der Waals surface area contributed by atoms with Gasteiger partial charge in [-0.2, -0.15) is 10.1 Å². The summed E-state index contributed by atoms with van der Waals surface area (Å²) >= 11 is 0. The van der Waals surface area contributed by atoms with Crippen molar-refractivity contribution in [2.45, 2.75) is 6.54 Å². The molecule has 3 aromatic heterocycles. The number of aromatic nitrogens is 5. The molecular weight excluding hydrogens is 392 g/mol. The van der Waals surface area contributed by atoms with Gasteiger partial charge < -0.3 is 21.8 Å². The molecule has 152 valence electrons. The van der Waals surface area contributed by atoms with Gasteiger partial charge >= 0.3 is 5.97 Å². The fourth-order valence-corrected chi connectivity index (χ4v) is 2.77. The van der Waals surface area contributed by atoms with Gasteiger partial charge in [0.05, 0.1) is 29.4 Å². The van der Waals surface area contributed by atoms with Crippen molar-refractivity contribution in [3.05, 3.63) is 64.8 Å². The first kappa shape index (κ1) is 20.1. The van der Waals surface area contributed by atoms with E-state index in [1.54, 1.807) is 10.9 Å². The molecule has 12 heteroatoms. The number of nitrogens with zero attached hydrogens (tertiary/aromatic N) is 6. The molecule has 3 heterocycles. The van der Waals surface area contributed by atoms with Gasteiger partial charge in [-0.15, -0.1) is 4.91 Å². The minimum atomic E-state index is -1.05. The van der Waals surface area contributed by atoms with Gasteiger partial charge in [0, 0.05) is 11.9 Å². The van der Waals surface area contributed by atoms with Crippen LogP contribution in [0.1, 0.15) is 15.9 Å². The maximum atomic E-state index is 11.2. The minimum Gasteiger partial charge on any atom is -0.478 e. The van der Waals surface area contributed by atoms with E-state index in [-0.39, 0.29) is 11.5 Å². The summed E-state index contributed by atoms with van der Waals surface area (Å²) in [6.45, 7) is 0.474. The molecule has 0 bridgehead atoms. The smallest absolute Gasteiger partial charge is 0.335 e. The molecule has 0 fully saturated rings. The Hall–Kier alpha value is -4.61. The quantitative estimate of drug-likeness (QED) is 0.220. The average molecular weight is 408 g/mol. The number of hydrogen-bond donors (Lipinski definition) is 4. The molecule has 0 amide bonds. The SMILES string of the molecule is Nc1ccc(Cn2ncc3c(-c4cc(C(=O)O)ccn4)nc(N)nc32)cc1.O=NO. The Morgan fingerprint density at radius 2 is 1.83 bits per heavy atom. The summed E-state index contributed by atoms with van der Waals surface area (Å²) in [7, 11) is 0. The van der Waals surface area contributed by atoms with Crippen LogP contribution in [0.15, 0.2) is 54.1 Å². The maximum absolute atomic E-state index is 11.2. The number of benzene rings is 1. The monoisotopic (exact) mass is 408 g/mol. The third-order valence-corrected chi connectivity index (χ3v) is 4.08. The number of nitrogens with two attached hydrogens (primary N) is 2. The predicted molar refractivity (Wildman–Crippen MR) is 107 cm³/mol. The largest absolute Gasteiger partial charge is 0.478 e. The number of pyridine rings is 1. The first-order valence-electron chi connectivity index (χ1n) is 8.42. The van der Waals surface area contributed by atoms with Crippen molar-refractivity contribution in [3.8, 4) is 11.4 Å². The molecule has 0 spiro atoms. The minimum absolute atomic E-state index is 0.0547. The Bertz CT molecular complexity index is 1210. The molecule has 0 aliphatic carbocycles. The zero-order chi connectivity index (χ0) is 21.7. The Balaban J connectivity index is 0.000000806. The Kier molecular flexibility index (Phi) is 5.77. The van der Waals surface area contributed by atoms with Crippen LogP contribution < -0.4 is 11.5 Å². The summed E-state index contributed by atoms with van der Waals surface area (Å²) in [5, 5.41) is 22.1. The average Bonchev–Trinajstić information content (AvgIpc) is 3.12. The third kappa shape index (κ3) is 4.27. The van der Waals surface area contributed by atoms with E-state index >= 15 is 0 Å². The predicted octanol–water partition coefficient (Wildman–Crippen LogP) is 1.94. The van der Waals surface area contributed by atoms with Crippen molar-refractivity contribution in [3.63, 3.8) is 0 Å². The van der Waals surface area contributed by atoms with Gasteiger partial charge in [-0.05, 0) is 29.8 Å². The highest BCUT2D eigenvalue weighted by Gasteiger charge is 2.16. The standard InChI is InChI=1S/C18H15N7O2.HNO2/c19-12-3-1-10(2-4-12)9-25-16-13(8-22-25)15(23-18(20)24-16)14-7-11(17(26)27)5-6-21-14;2-1-3/h1-8H,9,19H2,(H,26,27)(H2,20,23,24);(H,2,3).